The molecule has 362 valence electrons. The van der Waals surface area contributed by atoms with Crippen molar-refractivity contribution in [2.24, 2.45) is 29.4 Å². The molecular weight excluding hydrogens is 990 g/mol. The van der Waals surface area contributed by atoms with Gasteiger partial charge in [0.15, 0.2) is 0 Å². The Morgan fingerprint density at radius 3 is 1.31 bits per heavy atom. The number of hydrogen-bond donors (Lipinski definition) is 3. The largest absolute Gasteiger partial charge is 0.388 e. The van der Waals surface area contributed by atoms with Gasteiger partial charge in [-0.25, -0.2) is 0 Å². The van der Waals surface area contributed by atoms with Gasteiger partial charge in [0.05, 0.1) is 41.7 Å². The first kappa shape index (κ1) is 60.5. The Kier molecular flexibility index (Phi) is 29.9. The average Bonchev–Trinajstić information content (AvgIpc) is 3.35. The number of hydrogen-bond acceptors (Lipinski definition) is 9. The van der Waals surface area contributed by atoms with Gasteiger partial charge in [0.25, 0.3) is 10.1 Å². The number of aliphatic hydroxyl groups excluding tert-OH is 2. The lowest BCUT2D eigenvalue weighted by molar-refractivity contribution is 0.112. The summed E-state index contributed by atoms with van der Waals surface area (Å²) < 4.78 is 29.7. The van der Waals surface area contributed by atoms with Crippen LogP contribution in [0.15, 0.2) is 130 Å². The predicted molar refractivity (Wildman–Crippen MR) is 280 cm³/mol. The molecule has 9 nitrogen and oxygen atoms in total. The molecule has 5 rings (SSSR count). The Balaban J connectivity index is 0.000000425. The fourth-order valence-corrected chi connectivity index (χ4v) is 7.25. The second kappa shape index (κ2) is 33.1. The van der Waals surface area contributed by atoms with E-state index in [9.17, 15) is 23.4 Å². The van der Waals surface area contributed by atoms with Crippen molar-refractivity contribution >= 4 is 48.3 Å². The van der Waals surface area contributed by atoms with Crippen LogP contribution in [-0.2, 0) is 27.3 Å². The van der Waals surface area contributed by atoms with Crippen LogP contribution in [0.3, 0.4) is 0 Å². The Labute approximate surface area is 418 Å². The van der Waals surface area contributed by atoms with E-state index in [-0.39, 0.29) is 17.9 Å². The Bertz CT molecular complexity index is 2310. The van der Waals surface area contributed by atoms with Crippen molar-refractivity contribution in [1.29, 1.82) is 10.5 Å². The summed E-state index contributed by atoms with van der Waals surface area (Å²) in [6.45, 7) is 17.3. The van der Waals surface area contributed by atoms with Crippen molar-refractivity contribution in [3.63, 3.8) is 0 Å². The van der Waals surface area contributed by atoms with Gasteiger partial charge in [-0.3, -0.25) is 8.98 Å². The average molecular weight is 1060 g/mol. The van der Waals surface area contributed by atoms with Gasteiger partial charge in [0.2, 0.25) is 0 Å². The Hall–Kier alpha value is -4.50. The van der Waals surface area contributed by atoms with E-state index in [1.165, 1.54) is 24.0 Å². The number of halogens is 2. The molecule has 12 heteroatoms. The second-order valence-corrected chi connectivity index (χ2v) is 20.1. The molecule has 0 saturated heterocycles. The van der Waals surface area contributed by atoms with Crippen LogP contribution in [-0.4, -0.2) is 31.2 Å². The van der Waals surface area contributed by atoms with E-state index in [1.807, 2.05) is 75.4 Å². The maximum absolute atomic E-state index is 11.3. The highest BCUT2D eigenvalue weighted by molar-refractivity contribution is 9.10. The lowest BCUT2D eigenvalue weighted by atomic mass is 9.95. The quantitative estimate of drug-likeness (QED) is 0.0642. The standard InChI is InChI=1S/C13H17NO3S.C12H15NO.C12H19N.C11H15BrO.C7H5BrO/c1-4-10(2)13(17-18(3,15)16)12-7-5-11(9-14)6-8-12;1-3-9(2)12(14)11-6-4-10(8-13)5-7-11;1-3-10(2)8-11-4-6-12(9-13)7-5-11;1-3-8(2)11(13)9-4-6-10(12)7-5-9;8-7-3-1-6(5-9)2-4-7/h5-8,10,13H,4H2,1-3H3;4-7,9,12,14H,3H2,1-2H3;4-7,10H,3,8-9,13H2,1-2H3;4-8,11,13H,3H2,1-2H3;1-5H. The van der Waals surface area contributed by atoms with Gasteiger partial charge in [-0.05, 0) is 106 Å². The first-order valence-corrected chi connectivity index (χ1v) is 26.2. The minimum atomic E-state index is -3.51. The predicted octanol–water partition coefficient (Wildman–Crippen LogP) is 13.8. The lowest BCUT2D eigenvalue weighted by Gasteiger charge is -2.22. The van der Waals surface area contributed by atoms with E-state index in [4.69, 9.17) is 20.4 Å². The number of aldehydes is 1. The molecule has 0 aromatic heterocycles. The summed E-state index contributed by atoms with van der Waals surface area (Å²) in [5.41, 5.74) is 12.7. The number of rotatable bonds is 16. The molecule has 0 aliphatic heterocycles. The van der Waals surface area contributed by atoms with Crippen molar-refractivity contribution in [2.45, 2.75) is 112 Å². The van der Waals surface area contributed by atoms with Crippen LogP contribution in [0.2, 0.25) is 0 Å². The van der Waals surface area contributed by atoms with Crippen LogP contribution in [0.25, 0.3) is 0 Å². The van der Waals surface area contributed by atoms with E-state index in [1.54, 1.807) is 48.5 Å². The number of nitrogens with two attached hydrogens (primary N) is 1. The zero-order valence-corrected chi connectivity index (χ0v) is 44.6. The van der Waals surface area contributed by atoms with Crippen molar-refractivity contribution in [1.82, 2.24) is 0 Å². The molecule has 7 atom stereocenters. The molecule has 0 radical (unpaired) electrons. The number of nitrogens with zero attached hydrogens (tertiary/aromatic N) is 2. The summed E-state index contributed by atoms with van der Waals surface area (Å²) >= 11 is 6.63. The summed E-state index contributed by atoms with van der Waals surface area (Å²) in [6.07, 6.45) is 5.79. The second-order valence-electron chi connectivity index (χ2n) is 16.7. The minimum Gasteiger partial charge on any atom is -0.388 e. The van der Waals surface area contributed by atoms with E-state index in [0.29, 0.717) is 29.2 Å². The summed E-state index contributed by atoms with van der Waals surface area (Å²) in [7, 11) is -3.51. The smallest absolute Gasteiger partial charge is 0.264 e. The molecular formula is C55H71Br2N3O6S. The minimum absolute atomic E-state index is 0.0765. The van der Waals surface area contributed by atoms with Gasteiger partial charge in [-0.2, -0.15) is 18.9 Å². The fourth-order valence-electron chi connectivity index (χ4n) is 6.05. The molecule has 0 aliphatic carbocycles. The van der Waals surface area contributed by atoms with Gasteiger partial charge in [0, 0.05) is 21.1 Å². The van der Waals surface area contributed by atoms with E-state index >= 15 is 0 Å². The van der Waals surface area contributed by atoms with Crippen LogP contribution in [0.4, 0.5) is 0 Å². The summed E-state index contributed by atoms with van der Waals surface area (Å²) in [6, 6.07) is 41.6. The highest BCUT2D eigenvalue weighted by atomic mass is 79.9. The molecule has 5 aromatic carbocycles. The SMILES string of the molecule is CCC(C)C(O)c1ccc(Br)cc1.CCC(C)C(O)c1ccc(C#N)cc1.CCC(C)C(OS(C)(=O)=O)c1ccc(C#N)cc1.CCC(C)Cc1ccc(CN)cc1.O=Cc1ccc(Br)cc1. The van der Waals surface area contributed by atoms with E-state index in [2.05, 4.69) is 96.8 Å². The molecule has 5 aromatic rings. The molecule has 0 aliphatic rings. The van der Waals surface area contributed by atoms with Gasteiger partial charge in [-0.15, -0.1) is 0 Å². The molecule has 0 heterocycles. The van der Waals surface area contributed by atoms with Crippen molar-refractivity contribution in [3.8, 4) is 12.1 Å². The van der Waals surface area contributed by atoms with E-state index < -0.39 is 22.3 Å². The molecule has 0 saturated carbocycles. The number of aliphatic hydroxyl groups is 2. The first-order chi connectivity index (χ1) is 31.8. The topological polar surface area (TPSA) is 174 Å². The third kappa shape index (κ3) is 24.4. The van der Waals surface area contributed by atoms with Gasteiger partial charge in [-0.1, -0.05) is 186 Å². The van der Waals surface area contributed by atoms with Crippen molar-refractivity contribution < 1.29 is 27.6 Å². The number of carbonyl (C=O) groups is 1. The zero-order chi connectivity index (χ0) is 50.5. The zero-order valence-electron chi connectivity index (χ0n) is 40.6. The third-order valence-electron chi connectivity index (χ3n) is 11.3. The lowest BCUT2D eigenvalue weighted by Crippen LogP contribution is -2.17. The molecule has 0 fully saturated rings. The maximum atomic E-state index is 11.3. The van der Waals surface area contributed by atoms with Crippen LogP contribution >= 0.6 is 31.9 Å². The fraction of sp³-hybridized carbons (Fsp3) is 0.400. The molecule has 67 heavy (non-hydrogen) atoms. The third-order valence-corrected chi connectivity index (χ3v) is 12.9. The van der Waals surface area contributed by atoms with Crippen molar-refractivity contribution in [2.75, 3.05) is 6.26 Å². The number of carbonyl (C=O) groups excluding carboxylic acids is 1. The molecule has 0 amide bonds. The monoisotopic (exact) mass is 1060 g/mol. The van der Waals surface area contributed by atoms with E-state index in [0.717, 1.165) is 63.4 Å². The summed E-state index contributed by atoms with van der Waals surface area (Å²) in [5.74, 6) is 1.43. The van der Waals surface area contributed by atoms with Crippen LogP contribution in [0.1, 0.15) is 149 Å². The summed E-state index contributed by atoms with van der Waals surface area (Å²) in [5, 5.41) is 37.1. The molecule has 4 N–H and O–H groups in total. The molecule has 0 bridgehead atoms. The summed E-state index contributed by atoms with van der Waals surface area (Å²) in [4.78, 5) is 10.1. The highest BCUT2D eigenvalue weighted by Gasteiger charge is 2.23. The van der Waals surface area contributed by atoms with Gasteiger partial charge < -0.3 is 15.9 Å². The van der Waals surface area contributed by atoms with Gasteiger partial charge >= 0.3 is 0 Å². The van der Waals surface area contributed by atoms with Crippen LogP contribution in [0, 0.1) is 46.3 Å². The number of nitriles is 2. The Morgan fingerprint density at radius 1 is 0.597 bits per heavy atom. The molecule has 7 unspecified atom stereocenters. The first-order valence-electron chi connectivity index (χ1n) is 22.8. The Morgan fingerprint density at radius 2 is 0.970 bits per heavy atom. The maximum Gasteiger partial charge on any atom is 0.264 e. The highest BCUT2D eigenvalue weighted by Crippen LogP contribution is 2.30. The molecule has 0 spiro atoms. The van der Waals surface area contributed by atoms with Crippen molar-refractivity contribution in [3.05, 3.63) is 175 Å². The van der Waals surface area contributed by atoms with Crippen LogP contribution in [0.5, 0.6) is 0 Å². The normalized spacial score (nSPS) is 13.7. The van der Waals surface area contributed by atoms with Gasteiger partial charge in [0.1, 0.15) is 12.4 Å². The number of benzene rings is 5. The van der Waals surface area contributed by atoms with Crippen LogP contribution < -0.4 is 5.73 Å².